The molecule has 0 saturated carbocycles. The Hall–Kier alpha value is -2.51. The number of hydrogen-bond donors (Lipinski definition) is 2. The van der Waals surface area contributed by atoms with Crippen LogP contribution in [-0.2, 0) is 0 Å². The molecule has 1 fully saturated rings. The molecule has 134 valence electrons. The maximum absolute atomic E-state index is 6.04. The summed E-state index contributed by atoms with van der Waals surface area (Å²) in [5.41, 5.74) is 1.16. The van der Waals surface area contributed by atoms with Gasteiger partial charge in [0.15, 0.2) is 5.13 Å². The number of piperidine rings is 1. The lowest BCUT2D eigenvalue weighted by Crippen LogP contribution is -2.34. The molecule has 3 aromatic rings. The second-order valence-corrected chi connectivity index (χ2v) is 7.26. The van der Waals surface area contributed by atoms with Gasteiger partial charge in [0, 0.05) is 12.3 Å². The Labute approximate surface area is 156 Å². The van der Waals surface area contributed by atoms with Gasteiger partial charge in [-0.15, -0.1) is 0 Å². The summed E-state index contributed by atoms with van der Waals surface area (Å²) in [7, 11) is 0. The normalized spacial score (nSPS) is 15.0. The van der Waals surface area contributed by atoms with Crippen LogP contribution in [-0.4, -0.2) is 34.1 Å². The highest BCUT2D eigenvalue weighted by molar-refractivity contribution is 7.18. The van der Waals surface area contributed by atoms with E-state index in [1.807, 2.05) is 37.4 Å². The summed E-state index contributed by atoms with van der Waals surface area (Å²) < 4.78 is 6.04. The molecule has 6 nitrogen and oxygen atoms in total. The van der Waals surface area contributed by atoms with Gasteiger partial charge in [0.1, 0.15) is 17.7 Å². The zero-order valence-electron chi connectivity index (χ0n) is 14.6. The van der Waals surface area contributed by atoms with Gasteiger partial charge in [0.2, 0.25) is 5.88 Å². The highest BCUT2D eigenvalue weighted by Gasteiger charge is 2.16. The van der Waals surface area contributed by atoms with Crippen molar-refractivity contribution >= 4 is 22.3 Å². The predicted octanol–water partition coefficient (Wildman–Crippen LogP) is 3.78. The number of aromatic nitrogens is 3. The van der Waals surface area contributed by atoms with E-state index in [4.69, 9.17) is 4.74 Å². The van der Waals surface area contributed by atoms with Crippen LogP contribution in [0.15, 0.2) is 42.6 Å². The Morgan fingerprint density at radius 1 is 1.15 bits per heavy atom. The number of nitrogens with zero attached hydrogens (tertiary/aromatic N) is 3. The number of rotatable bonds is 5. The number of thiazole rings is 1. The van der Waals surface area contributed by atoms with Crippen molar-refractivity contribution in [1.29, 1.82) is 0 Å². The van der Waals surface area contributed by atoms with Crippen LogP contribution >= 0.6 is 11.3 Å². The molecule has 7 heteroatoms. The molecule has 1 aliphatic rings. The molecule has 0 bridgehead atoms. The van der Waals surface area contributed by atoms with Crippen LogP contribution in [0.1, 0.15) is 18.7 Å². The smallest absolute Gasteiger partial charge is 0.219 e. The summed E-state index contributed by atoms with van der Waals surface area (Å²) in [5, 5.41) is 7.42. The lowest BCUT2D eigenvalue weighted by atomic mass is 10.1. The second kappa shape index (κ2) is 7.80. The molecule has 0 unspecified atom stereocenters. The molecule has 4 rings (SSSR count). The van der Waals surface area contributed by atoms with Crippen LogP contribution in [0.4, 0.5) is 10.9 Å². The van der Waals surface area contributed by atoms with Gasteiger partial charge in [-0.1, -0.05) is 41.7 Å². The van der Waals surface area contributed by atoms with Crippen molar-refractivity contribution in [3.63, 3.8) is 0 Å². The van der Waals surface area contributed by atoms with E-state index in [1.165, 1.54) is 0 Å². The standard InChI is InChI=1S/C19H21N5OS/c1-13-22-17(11-18(23-13)25-15-7-9-20-10-8-15)24-19-21-12-16(26-19)14-5-3-2-4-6-14/h2-6,11-12,15,20H,7-10H2,1H3,(H,21,22,23,24). The summed E-state index contributed by atoms with van der Waals surface area (Å²) in [6.45, 7) is 3.85. The number of anilines is 2. The van der Waals surface area contributed by atoms with Crippen molar-refractivity contribution in [2.75, 3.05) is 18.4 Å². The molecule has 1 aromatic carbocycles. The van der Waals surface area contributed by atoms with E-state index in [-0.39, 0.29) is 6.10 Å². The lowest BCUT2D eigenvalue weighted by molar-refractivity contribution is 0.155. The molecule has 0 spiro atoms. The van der Waals surface area contributed by atoms with Crippen molar-refractivity contribution in [2.45, 2.75) is 25.9 Å². The zero-order chi connectivity index (χ0) is 17.8. The topological polar surface area (TPSA) is 72.0 Å². The maximum atomic E-state index is 6.04. The fourth-order valence-corrected chi connectivity index (χ4v) is 3.75. The molecule has 2 aromatic heterocycles. The first-order valence-corrected chi connectivity index (χ1v) is 9.59. The monoisotopic (exact) mass is 367 g/mol. The summed E-state index contributed by atoms with van der Waals surface area (Å²) in [6.07, 6.45) is 4.09. The number of benzene rings is 1. The molecule has 1 aliphatic heterocycles. The molecular formula is C19H21N5OS. The second-order valence-electron chi connectivity index (χ2n) is 6.23. The van der Waals surface area contributed by atoms with E-state index < -0.39 is 0 Å². The Morgan fingerprint density at radius 3 is 2.77 bits per heavy atom. The van der Waals surface area contributed by atoms with Crippen LogP contribution in [0.25, 0.3) is 10.4 Å². The van der Waals surface area contributed by atoms with E-state index in [0.29, 0.717) is 17.5 Å². The summed E-state index contributed by atoms with van der Waals surface area (Å²) in [4.78, 5) is 14.4. The zero-order valence-corrected chi connectivity index (χ0v) is 15.4. The van der Waals surface area contributed by atoms with Gasteiger partial charge in [-0.05, 0) is 38.4 Å². The minimum atomic E-state index is 0.211. The maximum Gasteiger partial charge on any atom is 0.219 e. The van der Waals surface area contributed by atoms with E-state index in [0.717, 1.165) is 41.5 Å². The van der Waals surface area contributed by atoms with E-state index in [9.17, 15) is 0 Å². The van der Waals surface area contributed by atoms with Gasteiger partial charge in [-0.2, -0.15) is 4.98 Å². The highest BCUT2D eigenvalue weighted by atomic mass is 32.1. The third-order valence-corrected chi connectivity index (χ3v) is 5.15. The third kappa shape index (κ3) is 4.17. The quantitative estimate of drug-likeness (QED) is 0.715. The van der Waals surface area contributed by atoms with Crippen molar-refractivity contribution in [3.8, 4) is 16.3 Å². The first-order valence-electron chi connectivity index (χ1n) is 8.77. The van der Waals surface area contributed by atoms with E-state index >= 15 is 0 Å². The molecule has 26 heavy (non-hydrogen) atoms. The van der Waals surface area contributed by atoms with Gasteiger partial charge in [0.25, 0.3) is 0 Å². The van der Waals surface area contributed by atoms with E-state index in [2.05, 4.69) is 37.7 Å². The minimum Gasteiger partial charge on any atom is -0.474 e. The first-order chi connectivity index (χ1) is 12.8. The van der Waals surface area contributed by atoms with Gasteiger partial charge >= 0.3 is 0 Å². The average Bonchev–Trinajstić information content (AvgIpc) is 3.11. The fraction of sp³-hybridized carbons (Fsp3) is 0.316. The molecule has 0 atom stereocenters. The van der Waals surface area contributed by atoms with Crippen molar-refractivity contribution < 1.29 is 4.74 Å². The van der Waals surface area contributed by atoms with Gasteiger partial charge in [-0.3, -0.25) is 0 Å². The van der Waals surface area contributed by atoms with Crippen LogP contribution < -0.4 is 15.4 Å². The molecule has 2 N–H and O–H groups in total. The average molecular weight is 367 g/mol. The van der Waals surface area contributed by atoms with Crippen molar-refractivity contribution in [1.82, 2.24) is 20.3 Å². The van der Waals surface area contributed by atoms with Crippen LogP contribution in [0.5, 0.6) is 5.88 Å². The first kappa shape index (κ1) is 16.9. The molecule has 3 heterocycles. The molecule has 0 amide bonds. The number of nitrogens with one attached hydrogen (secondary N) is 2. The van der Waals surface area contributed by atoms with Gasteiger partial charge in [-0.25, -0.2) is 9.97 Å². The number of aryl methyl sites for hydroxylation is 1. The largest absolute Gasteiger partial charge is 0.474 e. The molecule has 0 radical (unpaired) electrons. The lowest BCUT2D eigenvalue weighted by Gasteiger charge is -2.23. The van der Waals surface area contributed by atoms with Crippen molar-refractivity contribution in [3.05, 3.63) is 48.4 Å². The highest BCUT2D eigenvalue weighted by Crippen LogP contribution is 2.30. The molecular weight excluding hydrogens is 346 g/mol. The Balaban J connectivity index is 1.48. The summed E-state index contributed by atoms with van der Waals surface area (Å²) in [6, 6.07) is 12.1. The number of ether oxygens (including phenoxy) is 1. The fourth-order valence-electron chi connectivity index (χ4n) is 2.93. The Morgan fingerprint density at radius 2 is 1.96 bits per heavy atom. The SMILES string of the molecule is Cc1nc(Nc2ncc(-c3ccccc3)s2)cc(OC2CCNCC2)n1. The van der Waals surface area contributed by atoms with Gasteiger partial charge in [0.05, 0.1) is 4.88 Å². The van der Waals surface area contributed by atoms with E-state index in [1.54, 1.807) is 11.3 Å². The van der Waals surface area contributed by atoms with Crippen molar-refractivity contribution in [2.24, 2.45) is 0 Å². The summed E-state index contributed by atoms with van der Waals surface area (Å²) in [5.74, 6) is 2.00. The molecule has 0 aliphatic carbocycles. The summed E-state index contributed by atoms with van der Waals surface area (Å²) >= 11 is 1.60. The van der Waals surface area contributed by atoms with Crippen LogP contribution in [0.2, 0.25) is 0 Å². The van der Waals surface area contributed by atoms with Gasteiger partial charge < -0.3 is 15.4 Å². The predicted molar refractivity (Wildman–Crippen MR) is 104 cm³/mol. The Bertz CT molecular complexity index is 861. The number of hydrogen-bond acceptors (Lipinski definition) is 7. The third-order valence-electron chi connectivity index (χ3n) is 4.19. The van der Waals surface area contributed by atoms with Crippen LogP contribution in [0.3, 0.4) is 0 Å². The Kier molecular flexibility index (Phi) is 5.08. The molecule has 1 saturated heterocycles. The minimum absolute atomic E-state index is 0.211. The van der Waals surface area contributed by atoms with Crippen LogP contribution in [0, 0.1) is 6.92 Å².